The molecule has 0 aromatic heterocycles. The number of nitrogens with zero attached hydrogens (tertiary/aromatic N) is 4. The van der Waals surface area contributed by atoms with Crippen molar-refractivity contribution in [3.05, 3.63) is 57.4 Å². The first-order valence-electron chi connectivity index (χ1n) is 8.37. The van der Waals surface area contributed by atoms with Crippen LogP contribution >= 0.6 is 0 Å². The van der Waals surface area contributed by atoms with E-state index in [0.29, 0.717) is 11.3 Å². The van der Waals surface area contributed by atoms with Gasteiger partial charge in [0.25, 0.3) is 0 Å². The van der Waals surface area contributed by atoms with Gasteiger partial charge in [0.2, 0.25) is 5.69 Å². The molecule has 1 aliphatic heterocycles. The zero-order chi connectivity index (χ0) is 18.5. The SMILES string of the molecule is [C-]#[N+]c1ccc(C#N)c2c1N(c1c(C)c(C)cc(C)c1C)[C@@H](C)N2C. The highest BCUT2D eigenvalue weighted by Gasteiger charge is 2.37. The molecular weight excluding hydrogens is 308 g/mol. The largest absolute Gasteiger partial charge is 0.353 e. The van der Waals surface area contributed by atoms with Crippen molar-refractivity contribution < 1.29 is 0 Å². The molecule has 1 aliphatic rings. The molecule has 2 aromatic carbocycles. The minimum atomic E-state index is 0.0311. The lowest BCUT2D eigenvalue weighted by atomic mass is 9.97. The van der Waals surface area contributed by atoms with Crippen LogP contribution in [0.15, 0.2) is 18.2 Å². The van der Waals surface area contributed by atoms with Crippen LogP contribution in [-0.2, 0) is 0 Å². The van der Waals surface area contributed by atoms with Crippen LogP contribution in [0.3, 0.4) is 0 Å². The third-order valence-corrected chi connectivity index (χ3v) is 5.47. The minimum absolute atomic E-state index is 0.0311. The maximum atomic E-state index is 9.55. The summed E-state index contributed by atoms with van der Waals surface area (Å²) in [5.41, 5.74) is 8.95. The van der Waals surface area contributed by atoms with Crippen LogP contribution < -0.4 is 9.80 Å². The summed E-state index contributed by atoms with van der Waals surface area (Å²) in [5, 5.41) is 9.55. The summed E-state index contributed by atoms with van der Waals surface area (Å²) in [7, 11) is 1.99. The molecule has 0 amide bonds. The summed E-state index contributed by atoms with van der Waals surface area (Å²) in [6.07, 6.45) is 0.0311. The number of aryl methyl sites for hydroxylation is 2. The molecule has 0 bridgehead atoms. The van der Waals surface area contributed by atoms with Gasteiger partial charge in [-0.1, -0.05) is 18.2 Å². The monoisotopic (exact) mass is 330 g/mol. The Bertz CT molecular complexity index is 933. The van der Waals surface area contributed by atoms with Crippen LogP contribution in [0, 0.1) is 45.6 Å². The molecule has 0 fully saturated rings. The first kappa shape index (κ1) is 16.9. The number of anilines is 3. The number of nitriles is 1. The van der Waals surface area contributed by atoms with Gasteiger partial charge in [-0.2, -0.15) is 5.26 Å². The van der Waals surface area contributed by atoms with Crippen molar-refractivity contribution in [2.75, 3.05) is 16.8 Å². The number of hydrogen-bond acceptors (Lipinski definition) is 3. The van der Waals surface area contributed by atoms with E-state index in [1.807, 2.05) is 7.05 Å². The molecule has 0 unspecified atom stereocenters. The van der Waals surface area contributed by atoms with E-state index in [2.05, 4.69) is 61.4 Å². The molecule has 0 saturated heterocycles. The van der Waals surface area contributed by atoms with Gasteiger partial charge in [0.15, 0.2) is 0 Å². The summed E-state index contributed by atoms with van der Waals surface area (Å²) >= 11 is 0. The second-order valence-corrected chi connectivity index (χ2v) is 6.77. The topological polar surface area (TPSA) is 34.6 Å². The van der Waals surface area contributed by atoms with Gasteiger partial charge in [-0.25, -0.2) is 4.85 Å². The van der Waals surface area contributed by atoms with E-state index < -0.39 is 0 Å². The average molecular weight is 330 g/mol. The summed E-state index contributed by atoms with van der Waals surface area (Å²) in [6.45, 7) is 18.2. The normalized spacial score (nSPS) is 15.8. The summed E-state index contributed by atoms with van der Waals surface area (Å²) < 4.78 is 0. The fourth-order valence-corrected chi connectivity index (χ4v) is 3.75. The van der Waals surface area contributed by atoms with E-state index in [9.17, 15) is 5.26 Å². The van der Waals surface area contributed by atoms with Crippen LogP contribution in [0.5, 0.6) is 0 Å². The Balaban J connectivity index is 2.41. The van der Waals surface area contributed by atoms with Gasteiger partial charge in [0.1, 0.15) is 12.2 Å². The smallest absolute Gasteiger partial charge is 0.212 e. The molecular formula is C21H22N4. The second-order valence-electron chi connectivity index (χ2n) is 6.77. The highest BCUT2D eigenvalue weighted by molar-refractivity contribution is 5.96. The van der Waals surface area contributed by atoms with E-state index in [0.717, 1.165) is 17.1 Å². The number of benzene rings is 2. The molecule has 1 atom stereocenters. The Kier molecular flexibility index (Phi) is 3.93. The Morgan fingerprint density at radius 1 is 1.04 bits per heavy atom. The zero-order valence-electron chi connectivity index (χ0n) is 15.6. The summed E-state index contributed by atoms with van der Waals surface area (Å²) in [4.78, 5) is 8.07. The summed E-state index contributed by atoms with van der Waals surface area (Å²) in [6, 6.07) is 8.00. The van der Waals surface area contributed by atoms with Crippen molar-refractivity contribution >= 4 is 22.7 Å². The molecule has 126 valence electrons. The van der Waals surface area contributed by atoms with E-state index in [-0.39, 0.29) is 6.17 Å². The van der Waals surface area contributed by atoms with Crippen molar-refractivity contribution in [1.82, 2.24) is 0 Å². The van der Waals surface area contributed by atoms with Gasteiger partial charge in [-0.15, -0.1) is 0 Å². The third-order valence-electron chi connectivity index (χ3n) is 5.47. The molecule has 0 aliphatic carbocycles. The molecule has 0 spiro atoms. The van der Waals surface area contributed by atoms with Gasteiger partial charge < -0.3 is 9.80 Å². The molecule has 1 heterocycles. The Labute approximate surface area is 149 Å². The first-order valence-corrected chi connectivity index (χ1v) is 8.37. The second kappa shape index (κ2) is 5.83. The van der Waals surface area contributed by atoms with Crippen molar-refractivity contribution in [1.29, 1.82) is 5.26 Å². The highest BCUT2D eigenvalue weighted by atomic mass is 15.4. The quantitative estimate of drug-likeness (QED) is 0.667. The predicted octanol–water partition coefficient (Wildman–Crippen LogP) is 5.28. The molecule has 0 N–H and O–H groups in total. The van der Waals surface area contributed by atoms with Gasteiger partial charge in [-0.05, 0) is 56.9 Å². The lowest BCUT2D eigenvalue weighted by Crippen LogP contribution is -2.36. The first-order chi connectivity index (χ1) is 11.8. The number of fused-ring (bicyclic) bond motifs is 1. The fourth-order valence-electron chi connectivity index (χ4n) is 3.75. The zero-order valence-corrected chi connectivity index (χ0v) is 15.6. The molecule has 2 aromatic rings. The van der Waals surface area contributed by atoms with Crippen LogP contribution in [0.2, 0.25) is 0 Å². The maximum absolute atomic E-state index is 9.55. The van der Waals surface area contributed by atoms with Crippen molar-refractivity contribution in [2.24, 2.45) is 0 Å². The fraction of sp³-hybridized carbons (Fsp3) is 0.333. The Morgan fingerprint density at radius 3 is 2.16 bits per heavy atom. The van der Waals surface area contributed by atoms with Gasteiger partial charge in [0.05, 0.1) is 23.5 Å². The van der Waals surface area contributed by atoms with Gasteiger partial charge in [-0.3, -0.25) is 0 Å². The van der Waals surface area contributed by atoms with Gasteiger partial charge >= 0.3 is 0 Å². The molecule has 4 heteroatoms. The van der Waals surface area contributed by atoms with Crippen molar-refractivity contribution in [3.8, 4) is 6.07 Å². The van der Waals surface area contributed by atoms with E-state index >= 15 is 0 Å². The Hall–Kier alpha value is -2.98. The van der Waals surface area contributed by atoms with E-state index in [1.54, 1.807) is 12.1 Å². The van der Waals surface area contributed by atoms with E-state index in [4.69, 9.17) is 6.57 Å². The lowest BCUT2D eigenvalue weighted by Gasteiger charge is -2.32. The third kappa shape index (κ3) is 2.26. The van der Waals surface area contributed by atoms with Crippen LogP contribution in [0.4, 0.5) is 22.7 Å². The maximum Gasteiger partial charge on any atom is 0.212 e. The predicted molar refractivity (Wildman–Crippen MR) is 103 cm³/mol. The lowest BCUT2D eigenvalue weighted by molar-refractivity contribution is 0.730. The number of hydrogen-bond donors (Lipinski definition) is 0. The standard InChI is InChI=1S/C21H22N4/c1-12-10-13(2)15(4)19(14(12)3)25-16(5)24(7)20-17(11-22)8-9-18(23-6)21(20)25/h8-10,16H,1-5,7H3/t16-/m0/s1. The minimum Gasteiger partial charge on any atom is -0.353 e. The molecule has 25 heavy (non-hydrogen) atoms. The van der Waals surface area contributed by atoms with Crippen LogP contribution in [-0.4, -0.2) is 13.2 Å². The summed E-state index contributed by atoms with van der Waals surface area (Å²) in [5.74, 6) is 0. The van der Waals surface area contributed by atoms with Crippen molar-refractivity contribution in [2.45, 2.75) is 40.8 Å². The molecule has 0 radical (unpaired) electrons. The number of rotatable bonds is 1. The molecule has 3 rings (SSSR count). The average Bonchev–Trinajstić information content (AvgIpc) is 2.85. The molecule has 4 nitrogen and oxygen atoms in total. The van der Waals surface area contributed by atoms with Crippen LogP contribution in [0.25, 0.3) is 4.85 Å². The highest BCUT2D eigenvalue weighted by Crippen LogP contribution is 2.52. The van der Waals surface area contributed by atoms with Gasteiger partial charge in [0, 0.05) is 12.7 Å². The van der Waals surface area contributed by atoms with E-state index in [1.165, 1.54) is 22.3 Å². The van der Waals surface area contributed by atoms with Crippen molar-refractivity contribution in [3.63, 3.8) is 0 Å². The molecule has 0 saturated carbocycles. The van der Waals surface area contributed by atoms with Crippen LogP contribution in [0.1, 0.15) is 34.7 Å². The Morgan fingerprint density at radius 2 is 1.64 bits per heavy atom.